The van der Waals surface area contributed by atoms with Crippen molar-refractivity contribution in [2.24, 2.45) is 11.8 Å². The molecule has 0 spiro atoms. The van der Waals surface area contributed by atoms with Crippen molar-refractivity contribution in [1.29, 1.82) is 0 Å². The molecule has 2 rings (SSSR count). The lowest BCUT2D eigenvalue weighted by Crippen LogP contribution is -2.55. The minimum atomic E-state index is 0.721. The van der Waals surface area contributed by atoms with Crippen LogP contribution in [0.2, 0.25) is 0 Å². The van der Waals surface area contributed by atoms with E-state index in [0.29, 0.717) is 0 Å². The second-order valence-corrected chi connectivity index (χ2v) is 7.86. The van der Waals surface area contributed by atoms with E-state index >= 15 is 0 Å². The average Bonchev–Trinajstić information content (AvgIpc) is 2.76. The van der Waals surface area contributed by atoms with Crippen LogP contribution in [0.5, 0.6) is 0 Å². The van der Waals surface area contributed by atoms with E-state index in [2.05, 4.69) is 38.0 Å². The number of hydrogen-bond acceptors (Lipinski definition) is 2. The van der Waals surface area contributed by atoms with Crippen molar-refractivity contribution in [2.75, 3.05) is 13.6 Å². The zero-order valence-corrected chi connectivity index (χ0v) is 14.9. The Hall–Kier alpha value is -0.0800. The molecule has 0 aromatic heterocycles. The van der Waals surface area contributed by atoms with Gasteiger partial charge in [-0.1, -0.05) is 46.5 Å². The van der Waals surface area contributed by atoms with E-state index in [0.717, 1.165) is 36.5 Å². The number of hydrogen-bond donors (Lipinski definition) is 1. The first-order valence-corrected chi connectivity index (χ1v) is 9.58. The molecule has 2 saturated carbocycles. The summed E-state index contributed by atoms with van der Waals surface area (Å²) >= 11 is 0. The van der Waals surface area contributed by atoms with Gasteiger partial charge in [0.1, 0.15) is 0 Å². The molecule has 0 aromatic carbocycles. The summed E-state index contributed by atoms with van der Waals surface area (Å²) in [5, 5.41) is 3.79. The van der Waals surface area contributed by atoms with Gasteiger partial charge in [0.15, 0.2) is 0 Å². The monoisotopic (exact) mass is 294 g/mol. The Bertz CT molecular complexity index is 281. The van der Waals surface area contributed by atoms with E-state index in [9.17, 15) is 0 Å². The van der Waals surface area contributed by atoms with Crippen molar-refractivity contribution >= 4 is 0 Å². The highest BCUT2D eigenvalue weighted by Gasteiger charge is 2.35. The highest BCUT2D eigenvalue weighted by molar-refractivity contribution is 4.93. The molecule has 0 aromatic rings. The lowest BCUT2D eigenvalue weighted by molar-refractivity contribution is 0.0662. The fraction of sp³-hybridized carbons (Fsp3) is 1.00. The molecule has 0 aliphatic heterocycles. The van der Waals surface area contributed by atoms with Gasteiger partial charge in [0.2, 0.25) is 0 Å². The smallest absolute Gasteiger partial charge is 0.0251 e. The van der Waals surface area contributed by atoms with Crippen molar-refractivity contribution in [1.82, 2.24) is 10.2 Å². The predicted molar refractivity (Wildman–Crippen MR) is 92.7 cm³/mol. The van der Waals surface area contributed by atoms with E-state index in [1.54, 1.807) is 0 Å². The van der Waals surface area contributed by atoms with Gasteiger partial charge in [-0.2, -0.15) is 0 Å². The maximum atomic E-state index is 3.79. The van der Waals surface area contributed by atoms with Gasteiger partial charge in [-0.15, -0.1) is 0 Å². The second-order valence-electron chi connectivity index (χ2n) is 7.86. The average molecular weight is 295 g/mol. The third kappa shape index (κ3) is 4.69. The number of rotatable bonds is 5. The van der Waals surface area contributed by atoms with Crippen LogP contribution in [0.3, 0.4) is 0 Å². The lowest BCUT2D eigenvalue weighted by Gasteiger charge is -2.45. The molecular formula is C19H38N2. The molecule has 0 heterocycles. The van der Waals surface area contributed by atoms with Crippen molar-refractivity contribution in [3.63, 3.8) is 0 Å². The molecule has 3 unspecified atom stereocenters. The Kier molecular flexibility index (Phi) is 7.01. The van der Waals surface area contributed by atoms with Gasteiger partial charge in [0, 0.05) is 18.1 Å². The quantitative estimate of drug-likeness (QED) is 0.754. The van der Waals surface area contributed by atoms with Crippen LogP contribution >= 0.6 is 0 Å². The number of nitrogens with zero attached hydrogens (tertiary/aromatic N) is 1. The molecule has 0 bridgehead atoms. The van der Waals surface area contributed by atoms with Crippen LogP contribution in [0.15, 0.2) is 0 Å². The Morgan fingerprint density at radius 3 is 2.24 bits per heavy atom. The van der Waals surface area contributed by atoms with Gasteiger partial charge < -0.3 is 5.32 Å². The molecule has 21 heavy (non-hydrogen) atoms. The first-order valence-electron chi connectivity index (χ1n) is 9.58. The van der Waals surface area contributed by atoms with Crippen LogP contribution in [-0.2, 0) is 0 Å². The van der Waals surface area contributed by atoms with Crippen molar-refractivity contribution < 1.29 is 0 Å². The number of nitrogens with one attached hydrogen (secondary N) is 1. The predicted octanol–water partition coefficient (Wildman–Crippen LogP) is 4.44. The van der Waals surface area contributed by atoms with Crippen molar-refractivity contribution in [2.45, 2.75) is 96.7 Å². The second kappa shape index (κ2) is 8.53. The Labute approximate surface area is 133 Å². The van der Waals surface area contributed by atoms with E-state index in [1.807, 2.05) is 0 Å². The van der Waals surface area contributed by atoms with Gasteiger partial charge >= 0.3 is 0 Å². The van der Waals surface area contributed by atoms with Gasteiger partial charge in [0.25, 0.3) is 0 Å². The Balaban J connectivity index is 2.02. The van der Waals surface area contributed by atoms with Gasteiger partial charge in [-0.25, -0.2) is 0 Å². The van der Waals surface area contributed by atoms with E-state index in [4.69, 9.17) is 0 Å². The minimum absolute atomic E-state index is 0.721. The van der Waals surface area contributed by atoms with Gasteiger partial charge in [-0.3, -0.25) is 4.90 Å². The summed E-state index contributed by atoms with van der Waals surface area (Å²) in [4.78, 5) is 2.78. The molecular weight excluding hydrogens is 256 g/mol. The summed E-state index contributed by atoms with van der Waals surface area (Å²) in [5.41, 5.74) is 0. The molecule has 2 aliphatic carbocycles. The van der Waals surface area contributed by atoms with Crippen LogP contribution in [0.25, 0.3) is 0 Å². The fourth-order valence-corrected chi connectivity index (χ4v) is 4.67. The Morgan fingerprint density at radius 1 is 1.00 bits per heavy atom. The van der Waals surface area contributed by atoms with Crippen LogP contribution in [0.1, 0.15) is 78.6 Å². The van der Waals surface area contributed by atoms with Crippen LogP contribution in [0.4, 0.5) is 0 Å². The Morgan fingerprint density at radius 2 is 1.67 bits per heavy atom. The maximum Gasteiger partial charge on any atom is 0.0251 e. The van der Waals surface area contributed by atoms with E-state index in [1.165, 1.54) is 57.8 Å². The largest absolute Gasteiger partial charge is 0.313 e. The number of likely N-dealkylation sites (N-methyl/N-ethyl adjacent to an activating group) is 2. The zero-order chi connectivity index (χ0) is 15.2. The summed E-state index contributed by atoms with van der Waals surface area (Å²) < 4.78 is 0. The molecule has 3 atom stereocenters. The van der Waals surface area contributed by atoms with E-state index < -0.39 is 0 Å². The summed E-state index contributed by atoms with van der Waals surface area (Å²) in [6.45, 7) is 8.21. The first kappa shape index (κ1) is 17.3. The van der Waals surface area contributed by atoms with Crippen LogP contribution < -0.4 is 5.32 Å². The normalized spacial score (nSPS) is 32.6. The summed E-state index contributed by atoms with van der Waals surface area (Å²) in [7, 11) is 2.42. The minimum Gasteiger partial charge on any atom is -0.313 e. The van der Waals surface area contributed by atoms with Gasteiger partial charge in [0.05, 0.1) is 0 Å². The molecule has 2 fully saturated rings. The lowest BCUT2D eigenvalue weighted by atomic mass is 9.76. The van der Waals surface area contributed by atoms with Gasteiger partial charge in [-0.05, 0) is 57.5 Å². The summed E-state index contributed by atoms with van der Waals surface area (Å²) in [5.74, 6) is 1.77. The molecule has 2 nitrogen and oxygen atoms in total. The SMILES string of the molecule is CCNC1CCC(C(C)C)CC1N(C)C1CCCCCC1. The fourth-order valence-electron chi connectivity index (χ4n) is 4.67. The van der Waals surface area contributed by atoms with Crippen LogP contribution in [-0.4, -0.2) is 36.6 Å². The van der Waals surface area contributed by atoms with Crippen molar-refractivity contribution in [3.8, 4) is 0 Å². The molecule has 0 radical (unpaired) electrons. The first-order chi connectivity index (χ1) is 10.1. The topological polar surface area (TPSA) is 15.3 Å². The van der Waals surface area contributed by atoms with Crippen LogP contribution in [0, 0.1) is 11.8 Å². The molecule has 1 N–H and O–H groups in total. The molecule has 2 aliphatic rings. The van der Waals surface area contributed by atoms with E-state index in [-0.39, 0.29) is 0 Å². The zero-order valence-electron chi connectivity index (χ0n) is 14.9. The third-order valence-corrected chi connectivity index (χ3v) is 6.19. The molecule has 2 heteroatoms. The summed E-state index contributed by atoms with van der Waals surface area (Å²) in [6, 6.07) is 2.32. The molecule has 0 amide bonds. The summed E-state index contributed by atoms with van der Waals surface area (Å²) in [6.07, 6.45) is 12.9. The highest BCUT2D eigenvalue weighted by atomic mass is 15.2. The van der Waals surface area contributed by atoms with Crippen molar-refractivity contribution in [3.05, 3.63) is 0 Å². The maximum absolute atomic E-state index is 3.79. The molecule has 0 saturated heterocycles. The molecule has 124 valence electrons. The standard InChI is InChI=1S/C19H38N2/c1-5-20-18-13-12-16(15(2)3)14-19(18)21(4)17-10-8-6-7-9-11-17/h15-20H,5-14H2,1-4H3. The third-order valence-electron chi connectivity index (χ3n) is 6.19. The highest BCUT2D eigenvalue weighted by Crippen LogP contribution is 2.34.